The maximum absolute atomic E-state index is 5.67. The van der Waals surface area contributed by atoms with Crippen molar-refractivity contribution in [3.05, 3.63) is 0 Å². The van der Waals surface area contributed by atoms with Crippen molar-refractivity contribution in [2.24, 2.45) is 0 Å². The first-order valence-corrected chi connectivity index (χ1v) is 7.68. The third-order valence-corrected chi connectivity index (χ3v) is 6.18. The molecule has 5 heteroatoms. The highest BCUT2D eigenvalue weighted by Crippen LogP contribution is 2.06. The van der Waals surface area contributed by atoms with Gasteiger partial charge in [-0.2, -0.15) is 5.06 Å². The Morgan fingerprint density at radius 2 is 1.73 bits per heavy atom. The molecule has 0 spiro atoms. The third-order valence-electron chi connectivity index (χ3n) is 1.55. The highest BCUT2D eigenvalue weighted by atomic mass is 28.4. The van der Waals surface area contributed by atoms with Crippen molar-refractivity contribution < 1.29 is 8.64 Å². The Kier molecular flexibility index (Phi) is 5.19. The molecule has 0 aromatic heterocycles. The van der Waals surface area contributed by atoms with E-state index < -0.39 is 8.56 Å². The smallest absolute Gasteiger partial charge is 0.341 e. The average molecular weight is 193 g/mol. The SMILES string of the molecule is CCN(CC)O[Si](C)(C)O[SiH3]. The maximum Gasteiger partial charge on any atom is 0.341 e. The zero-order chi connectivity index (χ0) is 8.91. The van der Waals surface area contributed by atoms with Crippen LogP contribution in [-0.4, -0.2) is 37.2 Å². The quantitative estimate of drug-likeness (QED) is 0.462. The van der Waals surface area contributed by atoms with Crippen LogP contribution in [0.1, 0.15) is 13.8 Å². The molecule has 3 nitrogen and oxygen atoms in total. The van der Waals surface area contributed by atoms with Gasteiger partial charge in [-0.3, -0.25) is 0 Å². The van der Waals surface area contributed by atoms with Gasteiger partial charge in [0.25, 0.3) is 0 Å². The van der Waals surface area contributed by atoms with Crippen molar-refractivity contribution in [2.45, 2.75) is 26.9 Å². The molecule has 0 aliphatic rings. The van der Waals surface area contributed by atoms with Crippen LogP contribution in [0, 0.1) is 0 Å². The maximum atomic E-state index is 5.67. The fraction of sp³-hybridized carbons (Fsp3) is 1.00. The van der Waals surface area contributed by atoms with Gasteiger partial charge in [-0.15, -0.1) is 0 Å². The predicted octanol–water partition coefficient (Wildman–Crippen LogP) is 0.259. The first kappa shape index (κ1) is 11.3. The Morgan fingerprint density at radius 3 is 2.00 bits per heavy atom. The molecule has 11 heavy (non-hydrogen) atoms. The van der Waals surface area contributed by atoms with Gasteiger partial charge in [0.15, 0.2) is 0 Å². The van der Waals surface area contributed by atoms with Gasteiger partial charge >= 0.3 is 8.56 Å². The summed E-state index contributed by atoms with van der Waals surface area (Å²) >= 11 is 0. The molecule has 0 saturated heterocycles. The van der Waals surface area contributed by atoms with E-state index in [1.807, 2.05) is 5.06 Å². The molecule has 0 amide bonds. The van der Waals surface area contributed by atoms with Gasteiger partial charge < -0.3 is 8.64 Å². The molecule has 0 N–H and O–H groups in total. The molecular weight excluding hydrogens is 174 g/mol. The second kappa shape index (κ2) is 5.05. The second-order valence-corrected chi connectivity index (χ2v) is 7.42. The van der Waals surface area contributed by atoms with Gasteiger partial charge in [-0.25, -0.2) is 0 Å². The highest BCUT2D eigenvalue weighted by Gasteiger charge is 2.24. The molecule has 0 fully saturated rings. The molecule has 0 aromatic rings. The lowest BCUT2D eigenvalue weighted by atomic mass is 10.6. The predicted molar refractivity (Wildman–Crippen MR) is 52.5 cm³/mol. The fourth-order valence-corrected chi connectivity index (χ4v) is 1.88. The van der Waals surface area contributed by atoms with E-state index in [-0.39, 0.29) is 0 Å². The van der Waals surface area contributed by atoms with E-state index in [9.17, 15) is 0 Å². The lowest BCUT2D eigenvalue weighted by Gasteiger charge is -2.28. The van der Waals surface area contributed by atoms with E-state index in [4.69, 9.17) is 8.64 Å². The number of rotatable bonds is 5. The number of nitrogens with zero attached hydrogens (tertiary/aromatic N) is 1. The lowest BCUT2D eigenvalue weighted by molar-refractivity contribution is -0.0731. The van der Waals surface area contributed by atoms with Crippen LogP contribution in [0.5, 0.6) is 0 Å². The van der Waals surface area contributed by atoms with Crippen LogP contribution >= 0.6 is 0 Å². The van der Waals surface area contributed by atoms with Crippen LogP contribution in [0.4, 0.5) is 0 Å². The minimum atomic E-state index is -1.79. The summed E-state index contributed by atoms with van der Waals surface area (Å²) in [5.41, 5.74) is 0. The molecule has 0 rings (SSSR count). The second-order valence-electron chi connectivity index (χ2n) is 2.81. The Hall–Kier alpha value is 0.314. The van der Waals surface area contributed by atoms with Crippen LogP contribution < -0.4 is 0 Å². The molecule has 68 valence electrons. The van der Waals surface area contributed by atoms with Gasteiger partial charge in [0, 0.05) is 13.1 Å². The van der Waals surface area contributed by atoms with Crippen molar-refractivity contribution in [1.82, 2.24) is 5.06 Å². The summed E-state index contributed by atoms with van der Waals surface area (Å²) in [6.07, 6.45) is 0. The van der Waals surface area contributed by atoms with E-state index in [1.54, 1.807) is 0 Å². The van der Waals surface area contributed by atoms with E-state index in [0.29, 0.717) is 0 Å². The molecular formula is C6H19NO2Si2. The number of hydrogen-bond donors (Lipinski definition) is 0. The molecule has 0 bridgehead atoms. The average Bonchev–Trinajstić information content (AvgIpc) is 2.00. The zero-order valence-corrected chi connectivity index (χ0v) is 11.2. The summed E-state index contributed by atoms with van der Waals surface area (Å²) in [6.45, 7) is 10.2. The normalized spacial score (nSPS) is 12.8. The molecule has 0 aliphatic heterocycles. The minimum absolute atomic E-state index is 0.768. The summed E-state index contributed by atoms with van der Waals surface area (Å²) in [5, 5.41) is 1.95. The van der Waals surface area contributed by atoms with E-state index >= 15 is 0 Å². The number of hydroxylamine groups is 2. The summed E-state index contributed by atoms with van der Waals surface area (Å²) in [5.74, 6) is 0. The van der Waals surface area contributed by atoms with Crippen molar-refractivity contribution in [2.75, 3.05) is 13.1 Å². The van der Waals surface area contributed by atoms with E-state index in [2.05, 4.69) is 26.9 Å². The van der Waals surface area contributed by atoms with Crippen LogP contribution in [0.25, 0.3) is 0 Å². The first-order chi connectivity index (χ1) is 5.05. The Labute approximate surface area is 73.4 Å². The van der Waals surface area contributed by atoms with E-state index in [1.165, 1.54) is 0 Å². The van der Waals surface area contributed by atoms with Gasteiger partial charge in [-0.05, 0) is 13.1 Å². The van der Waals surface area contributed by atoms with Crippen molar-refractivity contribution >= 4 is 19.0 Å². The molecule has 0 aliphatic carbocycles. The van der Waals surface area contributed by atoms with Crippen molar-refractivity contribution in [3.63, 3.8) is 0 Å². The highest BCUT2D eigenvalue weighted by molar-refractivity contribution is 6.67. The van der Waals surface area contributed by atoms with E-state index in [0.717, 1.165) is 23.6 Å². The number of hydrogen-bond acceptors (Lipinski definition) is 3. The standard InChI is InChI=1S/C6H19NO2Si2/c1-5-7(6-2)8-11(3,4)9-10/h5-6H2,1-4,10H3. The monoisotopic (exact) mass is 193 g/mol. The third kappa shape index (κ3) is 4.70. The van der Waals surface area contributed by atoms with Crippen LogP contribution in [0.2, 0.25) is 13.1 Å². The zero-order valence-electron chi connectivity index (χ0n) is 8.18. The van der Waals surface area contributed by atoms with Gasteiger partial charge in [0.2, 0.25) is 0 Å². The van der Waals surface area contributed by atoms with Gasteiger partial charge in [0.1, 0.15) is 10.5 Å². The Bertz CT molecular complexity index is 107. The molecule has 0 heterocycles. The first-order valence-electron chi connectivity index (χ1n) is 4.05. The minimum Gasteiger partial charge on any atom is -0.444 e. The van der Waals surface area contributed by atoms with Crippen LogP contribution in [0.15, 0.2) is 0 Å². The molecule has 0 atom stereocenters. The van der Waals surface area contributed by atoms with Crippen molar-refractivity contribution in [3.8, 4) is 0 Å². The topological polar surface area (TPSA) is 21.7 Å². The van der Waals surface area contributed by atoms with Crippen molar-refractivity contribution in [1.29, 1.82) is 0 Å². The molecule has 0 radical (unpaired) electrons. The van der Waals surface area contributed by atoms with Gasteiger partial charge in [0.05, 0.1) is 0 Å². The molecule has 0 unspecified atom stereocenters. The molecule has 0 saturated carbocycles. The summed E-state index contributed by atoms with van der Waals surface area (Å²) < 4.78 is 11.1. The fourth-order valence-electron chi connectivity index (χ4n) is 0.701. The molecule has 0 aromatic carbocycles. The largest absolute Gasteiger partial charge is 0.444 e. The Balaban J connectivity index is 3.79. The van der Waals surface area contributed by atoms with Crippen LogP contribution in [-0.2, 0) is 8.64 Å². The van der Waals surface area contributed by atoms with Crippen LogP contribution in [0.3, 0.4) is 0 Å². The van der Waals surface area contributed by atoms with Gasteiger partial charge in [-0.1, -0.05) is 13.8 Å². The summed E-state index contributed by atoms with van der Waals surface area (Å²) in [7, 11) is -1.03. The summed E-state index contributed by atoms with van der Waals surface area (Å²) in [6, 6.07) is 0. The lowest BCUT2D eigenvalue weighted by Crippen LogP contribution is -2.42. The Morgan fingerprint density at radius 1 is 1.27 bits per heavy atom. The summed E-state index contributed by atoms with van der Waals surface area (Å²) in [4.78, 5) is 0.